The van der Waals surface area contributed by atoms with Gasteiger partial charge < -0.3 is 10.2 Å². The van der Waals surface area contributed by atoms with E-state index in [1.165, 1.54) is 22.3 Å². The van der Waals surface area contributed by atoms with Gasteiger partial charge in [0.25, 0.3) is 0 Å². The molecule has 3 rings (SSSR count). The third-order valence-electron chi connectivity index (χ3n) is 4.50. The van der Waals surface area contributed by atoms with E-state index in [1.807, 2.05) is 6.07 Å². The van der Waals surface area contributed by atoms with Gasteiger partial charge in [-0.3, -0.25) is 4.98 Å². The number of anilines is 2. The lowest BCUT2D eigenvalue weighted by Crippen LogP contribution is -2.25. The first-order valence-electron chi connectivity index (χ1n) is 8.59. The molecule has 0 spiro atoms. The van der Waals surface area contributed by atoms with Crippen LogP contribution in [0.4, 0.5) is 11.4 Å². The summed E-state index contributed by atoms with van der Waals surface area (Å²) in [6.07, 6.45) is 0.987. The largest absolute Gasteiger partial charge is 0.382 e. The predicted molar refractivity (Wildman–Crippen MR) is 104 cm³/mol. The van der Waals surface area contributed by atoms with Crippen molar-refractivity contribution in [3.05, 3.63) is 65.9 Å². The number of pyridine rings is 1. The molecule has 2 aromatic carbocycles. The Kier molecular flexibility index (Phi) is 4.99. The second-order valence-electron chi connectivity index (χ2n) is 6.11. The molecular weight excluding hydrogens is 294 g/mol. The smallest absolute Gasteiger partial charge is 0.0726 e. The Morgan fingerprint density at radius 1 is 1.00 bits per heavy atom. The lowest BCUT2D eigenvalue weighted by Gasteiger charge is -2.21. The number of fused-ring (bicyclic) bond motifs is 1. The molecule has 0 atom stereocenters. The van der Waals surface area contributed by atoms with Crippen molar-refractivity contribution in [2.45, 2.75) is 20.3 Å². The number of aromatic nitrogens is 1. The molecular formula is C21H25N3. The zero-order valence-electron chi connectivity index (χ0n) is 14.7. The molecule has 0 fully saturated rings. The number of rotatable bonds is 6. The Labute approximate surface area is 144 Å². The molecule has 24 heavy (non-hydrogen) atoms. The van der Waals surface area contributed by atoms with Crippen molar-refractivity contribution in [1.29, 1.82) is 0 Å². The molecule has 3 nitrogen and oxygen atoms in total. The van der Waals surface area contributed by atoms with Gasteiger partial charge in [0.1, 0.15) is 0 Å². The van der Waals surface area contributed by atoms with Crippen LogP contribution in [0.25, 0.3) is 10.9 Å². The summed E-state index contributed by atoms with van der Waals surface area (Å²) in [5.41, 5.74) is 5.98. The van der Waals surface area contributed by atoms with Crippen molar-refractivity contribution < 1.29 is 0 Å². The SMILES string of the molecule is CCc1c(C)nc2ccccc2c1NCCN(C)c1ccccc1. The standard InChI is InChI=1S/C21H25N3/c1-4-18-16(2)23-20-13-9-8-12-19(20)21(18)22-14-15-24(3)17-10-6-5-7-11-17/h5-13H,4,14-15H2,1-3H3,(H,22,23). The van der Waals surface area contributed by atoms with E-state index >= 15 is 0 Å². The van der Waals surface area contributed by atoms with Crippen LogP contribution in [0.15, 0.2) is 54.6 Å². The maximum Gasteiger partial charge on any atom is 0.0726 e. The maximum absolute atomic E-state index is 4.75. The molecule has 1 heterocycles. The van der Waals surface area contributed by atoms with E-state index in [0.717, 1.165) is 30.7 Å². The van der Waals surface area contributed by atoms with Crippen molar-refractivity contribution in [1.82, 2.24) is 4.98 Å². The van der Waals surface area contributed by atoms with Crippen molar-refractivity contribution >= 4 is 22.3 Å². The number of hydrogen-bond donors (Lipinski definition) is 1. The molecule has 0 radical (unpaired) electrons. The summed E-state index contributed by atoms with van der Waals surface area (Å²) in [4.78, 5) is 7.02. The minimum absolute atomic E-state index is 0.895. The normalized spacial score (nSPS) is 10.8. The summed E-state index contributed by atoms with van der Waals surface area (Å²) in [5.74, 6) is 0. The quantitative estimate of drug-likeness (QED) is 0.716. The zero-order chi connectivity index (χ0) is 16.9. The highest BCUT2D eigenvalue weighted by atomic mass is 15.1. The second kappa shape index (κ2) is 7.35. The lowest BCUT2D eigenvalue weighted by molar-refractivity contribution is 0.911. The van der Waals surface area contributed by atoms with Gasteiger partial charge in [0.15, 0.2) is 0 Å². The van der Waals surface area contributed by atoms with E-state index in [2.05, 4.69) is 79.6 Å². The minimum Gasteiger partial charge on any atom is -0.382 e. The first-order valence-corrected chi connectivity index (χ1v) is 8.59. The van der Waals surface area contributed by atoms with Gasteiger partial charge in [-0.15, -0.1) is 0 Å². The molecule has 0 unspecified atom stereocenters. The summed E-state index contributed by atoms with van der Waals surface area (Å²) in [5, 5.41) is 4.88. The molecule has 0 saturated carbocycles. The predicted octanol–water partition coefficient (Wildman–Crippen LogP) is 4.65. The Morgan fingerprint density at radius 2 is 1.71 bits per heavy atom. The van der Waals surface area contributed by atoms with Crippen molar-refractivity contribution in [3.8, 4) is 0 Å². The average Bonchev–Trinajstić information content (AvgIpc) is 2.62. The van der Waals surface area contributed by atoms with Crippen LogP contribution in [0, 0.1) is 6.92 Å². The number of likely N-dealkylation sites (N-methyl/N-ethyl adjacent to an activating group) is 1. The lowest BCUT2D eigenvalue weighted by atomic mass is 10.0. The van der Waals surface area contributed by atoms with Gasteiger partial charge in [0.2, 0.25) is 0 Å². The fourth-order valence-corrected chi connectivity index (χ4v) is 3.17. The molecule has 3 heteroatoms. The summed E-state index contributed by atoms with van der Waals surface area (Å²) in [6.45, 7) is 6.14. The van der Waals surface area contributed by atoms with Gasteiger partial charge in [-0.05, 0) is 37.1 Å². The monoisotopic (exact) mass is 319 g/mol. The van der Waals surface area contributed by atoms with Gasteiger partial charge in [-0.2, -0.15) is 0 Å². The van der Waals surface area contributed by atoms with Crippen molar-refractivity contribution in [3.63, 3.8) is 0 Å². The van der Waals surface area contributed by atoms with Gasteiger partial charge in [-0.25, -0.2) is 0 Å². The zero-order valence-corrected chi connectivity index (χ0v) is 14.7. The minimum atomic E-state index is 0.895. The van der Waals surface area contributed by atoms with Crippen LogP contribution >= 0.6 is 0 Å². The number of nitrogens with zero attached hydrogens (tertiary/aromatic N) is 2. The molecule has 0 amide bonds. The fourth-order valence-electron chi connectivity index (χ4n) is 3.17. The molecule has 3 aromatic rings. The Bertz CT molecular complexity index is 812. The highest BCUT2D eigenvalue weighted by Crippen LogP contribution is 2.28. The molecule has 0 saturated heterocycles. The van der Waals surface area contributed by atoms with Crippen molar-refractivity contribution in [2.75, 3.05) is 30.4 Å². The molecule has 0 aliphatic heterocycles. The molecule has 124 valence electrons. The summed E-state index contributed by atoms with van der Waals surface area (Å²) in [6, 6.07) is 18.9. The molecule has 0 bridgehead atoms. The molecule has 0 aliphatic carbocycles. The average molecular weight is 319 g/mol. The highest BCUT2D eigenvalue weighted by Gasteiger charge is 2.11. The Morgan fingerprint density at radius 3 is 2.46 bits per heavy atom. The Hall–Kier alpha value is -2.55. The van der Waals surface area contributed by atoms with E-state index in [4.69, 9.17) is 4.98 Å². The molecule has 0 aliphatic rings. The number of benzene rings is 2. The summed E-state index contributed by atoms with van der Waals surface area (Å²) >= 11 is 0. The number of nitrogens with one attached hydrogen (secondary N) is 1. The van der Waals surface area contributed by atoms with Crippen LogP contribution in [0.1, 0.15) is 18.2 Å². The van der Waals surface area contributed by atoms with Crippen LogP contribution in [0.5, 0.6) is 0 Å². The van der Waals surface area contributed by atoms with Gasteiger partial charge >= 0.3 is 0 Å². The topological polar surface area (TPSA) is 28.2 Å². The van der Waals surface area contributed by atoms with E-state index in [-0.39, 0.29) is 0 Å². The van der Waals surface area contributed by atoms with Crippen LogP contribution in [0.3, 0.4) is 0 Å². The third kappa shape index (κ3) is 3.35. The first-order chi connectivity index (χ1) is 11.7. The highest BCUT2D eigenvalue weighted by molar-refractivity contribution is 5.93. The maximum atomic E-state index is 4.75. The molecule has 1 aromatic heterocycles. The summed E-state index contributed by atoms with van der Waals surface area (Å²) < 4.78 is 0. The van der Waals surface area contributed by atoms with Gasteiger partial charge in [0, 0.05) is 42.6 Å². The van der Waals surface area contributed by atoms with Gasteiger partial charge in [-0.1, -0.05) is 43.3 Å². The number of hydrogen-bond acceptors (Lipinski definition) is 3. The number of aryl methyl sites for hydroxylation is 1. The fraction of sp³-hybridized carbons (Fsp3) is 0.286. The van der Waals surface area contributed by atoms with Gasteiger partial charge in [0.05, 0.1) is 5.52 Å². The van der Waals surface area contributed by atoms with Crippen molar-refractivity contribution in [2.24, 2.45) is 0 Å². The number of para-hydroxylation sites is 2. The third-order valence-corrected chi connectivity index (χ3v) is 4.50. The summed E-state index contributed by atoms with van der Waals surface area (Å²) in [7, 11) is 2.13. The Balaban J connectivity index is 1.79. The first kappa shape index (κ1) is 16.3. The van der Waals surface area contributed by atoms with E-state index < -0.39 is 0 Å². The van der Waals surface area contributed by atoms with Crippen LogP contribution in [-0.2, 0) is 6.42 Å². The molecule has 1 N–H and O–H groups in total. The second-order valence-corrected chi connectivity index (χ2v) is 6.11. The van der Waals surface area contributed by atoms with Crippen LogP contribution in [-0.4, -0.2) is 25.1 Å². The van der Waals surface area contributed by atoms with Crippen LogP contribution in [0.2, 0.25) is 0 Å². The van der Waals surface area contributed by atoms with E-state index in [1.54, 1.807) is 0 Å². The van der Waals surface area contributed by atoms with E-state index in [0.29, 0.717) is 0 Å². The van der Waals surface area contributed by atoms with Crippen LogP contribution < -0.4 is 10.2 Å². The van der Waals surface area contributed by atoms with E-state index in [9.17, 15) is 0 Å².